The van der Waals surface area contributed by atoms with Gasteiger partial charge in [0.25, 0.3) is 0 Å². The zero-order valence-electron chi connectivity index (χ0n) is 4.51. The lowest BCUT2D eigenvalue weighted by Crippen LogP contribution is -2.45. The van der Waals surface area contributed by atoms with Gasteiger partial charge < -0.3 is 10.5 Å². The van der Waals surface area contributed by atoms with Gasteiger partial charge in [-0.3, -0.25) is 0 Å². The molecule has 4 heteroatoms. The van der Waals surface area contributed by atoms with Gasteiger partial charge in [0.1, 0.15) is 0 Å². The second-order valence-electron chi connectivity index (χ2n) is 1.77. The fourth-order valence-corrected chi connectivity index (χ4v) is 0.960. The quantitative estimate of drug-likeness (QED) is 0.466. The summed E-state index contributed by atoms with van der Waals surface area (Å²) in [6.45, 7) is 2.43. The highest BCUT2D eigenvalue weighted by molar-refractivity contribution is 14.1. The summed E-state index contributed by atoms with van der Waals surface area (Å²) in [5.74, 6) is 0. The monoisotopic (exact) mass is 228 g/mol. The van der Waals surface area contributed by atoms with Crippen LogP contribution in [-0.4, -0.2) is 29.0 Å². The molecule has 8 heavy (non-hydrogen) atoms. The Morgan fingerprint density at radius 1 is 1.75 bits per heavy atom. The molecule has 0 spiro atoms. The number of hydrogen-bond acceptors (Lipinski definition) is 3. The van der Waals surface area contributed by atoms with Gasteiger partial charge in [0.05, 0.1) is 19.4 Å². The van der Waals surface area contributed by atoms with Gasteiger partial charge in [0.15, 0.2) is 0 Å². The topological polar surface area (TPSA) is 38.5 Å². The first-order chi connectivity index (χ1) is 3.80. The Balaban J connectivity index is 2.28. The standard InChI is InChI=1S/C4H9IN2O/c5-7-1-2-8-3-4(7)6/h4H,1-3,6H2. The van der Waals surface area contributed by atoms with Gasteiger partial charge in [0, 0.05) is 29.4 Å². The summed E-state index contributed by atoms with van der Waals surface area (Å²) < 4.78 is 7.14. The molecule has 0 aliphatic carbocycles. The number of halogens is 1. The van der Waals surface area contributed by atoms with Gasteiger partial charge in [0.2, 0.25) is 0 Å². The molecule has 0 saturated carbocycles. The molecule has 0 aromatic heterocycles. The smallest absolute Gasteiger partial charge is 0.0901 e. The molecular formula is C4H9IN2O. The van der Waals surface area contributed by atoms with E-state index in [1.807, 2.05) is 0 Å². The van der Waals surface area contributed by atoms with Crippen molar-refractivity contribution in [1.82, 2.24) is 3.11 Å². The minimum atomic E-state index is 0.101. The van der Waals surface area contributed by atoms with E-state index in [-0.39, 0.29) is 6.17 Å². The van der Waals surface area contributed by atoms with E-state index in [1.165, 1.54) is 0 Å². The van der Waals surface area contributed by atoms with E-state index in [4.69, 9.17) is 10.5 Å². The molecule has 0 aromatic carbocycles. The van der Waals surface area contributed by atoms with Crippen LogP contribution in [0.1, 0.15) is 0 Å². The van der Waals surface area contributed by atoms with Gasteiger partial charge in [-0.2, -0.15) is 0 Å². The van der Waals surface area contributed by atoms with Crippen LogP contribution in [-0.2, 0) is 4.74 Å². The molecule has 1 atom stereocenters. The summed E-state index contributed by atoms with van der Waals surface area (Å²) in [5.41, 5.74) is 5.57. The Bertz CT molecular complexity index is 70.4. The summed E-state index contributed by atoms with van der Waals surface area (Å²) in [6.07, 6.45) is 0.101. The van der Waals surface area contributed by atoms with Gasteiger partial charge in [-0.05, 0) is 0 Å². The molecule has 0 amide bonds. The van der Waals surface area contributed by atoms with Crippen molar-refractivity contribution in [3.05, 3.63) is 0 Å². The Morgan fingerprint density at radius 2 is 2.50 bits per heavy atom. The van der Waals surface area contributed by atoms with Gasteiger partial charge in [-0.1, -0.05) is 0 Å². The lowest BCUT2D eigenvalue weighted by molar-refractivity contribution is 0.0473. The molecule has 1 heterocycles. The maximum atomic E-state index is 5.57. The maximum absolute atomic E-state index is 5.57. The third-order valence-corrected chi connectivity index (χ3v) is 2.30. The van der Waals surface area contributed by atoms with Crippen molar-refractivity contribution in [2.24, 2.45) is 5.73 Å². The Morgan fingerprint density at radius 3 is 2.88 bits per heavy atom. The summed E-state index contributed by atoms with van der Waals surface area (Å²) >= 11 is 2.21. The lowest BCUT2D eigenvalue weighted by Gasteiger charge is -2.26. The molecule has 1 saturated heterocycles. The fourth-order valence-electron chi connectivity index (χ4n) is 0.603. The van der Waals surface area contributed by atoms with Gasteiger partial charge >= 0.3 is 0 Å². The zero-order chi connectivity index (χ0) is 5.98. The summed E-state index contributed by atoms with van der Waals surface area (Å²) in [5, 5.41) is 0. The SMILES string of the molecule is NC1COCCN1I. The van der Waals surface area contributed by atoms with Crippen molar-refractivity contribution < 1.29 is 4.74 Å². The fraction of sp³-hybridized carbons (Fsp3) is 1.00. The number of hydrogen-bond donors (Lipinski definition) is 1. The van der Waals surface area contributed by atoms with Crippen LogP contribution in [0.3, 0.4) is 0 Å². The Hall–Kier alpha value is 0.610. The van der Waals surface area contributed by atoms with Crippen LogP contribution < -0.4 is 5.73 Å². The average Bonchev–Trinajstić information content (AvgIpc) is 1.77. The first-order valence-corrected chi connectivity index (χ1v) is 3.53. The van der Waals surface area contributed by atoms with Crippen LogP contribution in [0.25, 0.3) is 0 Å². The predicted octanol–water partition coefficient (Wildman–Crippen LogP) is -0.0466. The van der Waals surface area contributed by atoms with Crippen LogP contribution in [0.4, 0.5) is 0 Å². The second kappa shape index (κ2) is 2.95. The average molecular weight is 228 g/mol. The third-order valence-electron chi connectivity index (χ3n) is 1.10. The molecular weight excluding hydrogens is 219 g/mol. The van der Waals surface area contributed by atoms with E-state index in [0.717, 1.165) is 13.2 Å². The van der Waals surface area contributed by atoms with Gasteiger partial charge in [-0.25, -0.2) is 3.11 Å². The lowest BCUT2D eigenvalue weighted by atomic mass is 10.5. The molecule has 1 rings (SSSR count). The van der Waals surface area contributed by atoms with Crippen LogP contribution in [0, 0.1) is 0 Å². The van der Waals surface area contributed by atoms with Crippen molar-refractivity contribution in [3.8, 4) is 0 Å². The minimum Gasteiger partial charge on any atom is -0.377 e. The zero-order valence-corrected chi connectivity index (χ0v) is 6.67. The third kappa shape index (κ3) is 1.54. The Kier molecular flexibility index (Phi) is 2.48. The molecule has 0 bridgehead atoms. The highest BCUT2D eigenvalue weighted by Crippen LogP contribution is 2.06. The first-order valence-electron chi connectivity index (χ1n) is 2.56. The van der Waals surface area contributed by atoms with E-state index in [9.17, 15) is 0 Å². The number of nitrogens with two attached hydrogens (primary N) is 1. The van der Waals surface area contributed by atoms with Gasteiger partial charge in [-0.15, -0.1) is 0 Å². The van der Waals surface area contributed by atoms with E-state index in [2.05, 4.69) is 26.0 Å². The molecule has 0 aromatic rings. The number of ether oxygens (including phenoxy) is 1. The van der Waals surface area contributed by atoms with Crippen molar-refractivity contribution >= 4 is 22.9 Å². The highest BCUT2D eigenvalue weighted by atomic mass is 127. The van der Waals surface area contributed by atoms with Crippen LogP contribution in [0.5, 0.6) is 0 Å². The largest absolute Gasteiger partial charge is 0.377 e. The van der Waals surface area contributed by atoms with Crippen LogP contribution >= 0.6 is 22.9 Å². The van der Waals surface area contributed by atoms with Crippen molar-refractivity contribution in [2.75, 3.05) is 19.8 Å². The van der Waals surface area contributed by atoms with Crippen LogP contribution in [0.2, 0.25) is 0 Å². The molecule has 1 aliphatic heterocycles. The van der Waals surface area contributed by atoms with E-state index in [1.54, 1.807) is 0 Å². The molecule has 1 aliphatic rings. The highest BCUT2D eigenvalue weighted by Gasteiger charge is 2.15. The minimum absolute atomic E-state index is 0.101. The maximum Gasteiger partial charge on any atom is 0.0901 e. The Labute approximate surface area is 62.7 Å². The number of morpholine rings is 1. The molecule has 0 radical (unpaired) electrons. The molecule has 1 unspecified atom stereocenters. The normalized spacial score (nSPS) is 33.0. The summed E-state index contributed by atoms with van der Waals surface area (Å²) in [7, 11) is 0. The van der Waals surface area contributed by atoms with Crippen LogP contribution in [0.15, 0.2) is 0 Å². The van der Waals surface area contributed by atoms with E-state index < -0.39 is 0 Å². The number of rotatable bonds is 0. The molecule has 1 fully saturated rings. The van der Waals surface area contributed by atoms with Crippen molar-refractivity contribution in [3.63, 3.8) is 0 Å². The van der Waals surface area contributed by atoms with Crippen molar-refractivity contribution in [1.29, 1.82) is 0 Å². The van der Waals surface area contributed by atoms with E-state index in [0.29, 0.717) is 6.61 Å². The van der Waals surface area contributed by atoms with E-state index >= 15 is 0 Å². The summed E-state index contributed by atoms with van der Waals surface area (Å²) in [4.78, 5) is 0. The first kappa shape index (κ1) is 6.73. The predicted molar refractivity (Wildman–Crippen MR) is 39.5 cm³/mol. The molecule has 3 nitrogen and oxygen atoms in total. The second-order valence-corrected chi connectivity index (χ2v) is 3.00. The number of nitrogens with zero attached hydrogens (tertiary/aromatic N) is 1. The molecule has 2 N–H and O–H groups in total. The molecule has 48 valence electrons. The summed E-state index contributed by atoms with van der Waals surface area (Å²) in [6, 6.07) is 0. The van der Waals surface area contributed by atoms with Crippen molar-refractivity contribution in [2.45, 2.75) is 6.17 Å².